The number of nitrogens with two attached hydrogens (primary N) is 1. The van der Waals surface area contributed by atoms with Crippen molar-refractivity contribution >= 4 is 41.6 Å². The Bertz CT molecular complexity index is 1210. The van der Waals surface area contributed by atoms with Crippen molar-refractivity contribution in [1.29, 1.82) is 0 Å². The van der Waals surface area contributed by atoms with Crippen LogP contribution >= 0.6 is 0 Å². The molecule has 0 bridgehead atoms. The highest BCUT2D eigenvalue weighted by Crippen LogP contribution is 2.13. The highest BCUT2D eigenvalue weighted by atomic mass is 16.7. The summed E-state index contributed by atoms with van der Waals surface area (Å²) in [7, 11) is 0. The number of ether oxygens (including phenoxy) is 2. The Morgan fingerprint density at radius 3 is 2.20 bits per heavy atom. The summed E-state index contributed by atoms with van der Waals surface area (Å²) in [6, 6.07) is 3.61. The molecule has 0 aliphatic rings. The SMILES string of the molecule is C#CCNC(=O)OCc1ccc(NC(=O)[C@H](CCCNC(N)=O)NC(=O)[C@@H](NC(=O)CONC(=O)OC(C)(C)C)C(C)C)cc1. The van der Waals surface area contributed by atoms with E-state index < -0.39 is 66.1 Å². The summed E-state index contributed by atoms with van der Waals surface area (Å²) in [6.45, 7) is 7.93. The molecular formula is C29H43N7O9. The van der Waals surface area contributed by atoms with Gasteiger partial charge in [-0.1, -0.05) is 31.9 Å². The van der Waals surface area contributed by atoms with Crippen molar-refractivity contribution in [1.82, 2.24) is 26.7 Å². The van der Waals surface area contributed by atoms with Crippen LogP contribution in [0.2, 0.25) is 0 Å². The van der Waals surface area contributed by atoms with E-state index in [1.807, 2.05) is 5.48 Å². The third kappa shape index (κ3) is 17.0. The Kier molecular flexibility index (Phi) is 16.3. The first-order valence-electron chi connectivity index (χ1n) is 14.1. The van der Waals surface area contributed by atoms with Crippen molar-refractivity contribution in [3.05, 3.63) is 29.8 Å². The maximum absolute atomic E-state index is 13.2. The Labute approximate surface area is 262 Å². The van der Waals surface area contributed by atoms with Gasteiger partial charge in [-0.15, -0.1) is 6.42 Å². The summed E-state index contributed by atoms with van der Waals surface area (Å²) in [5, 5.41) is 12.7. The van der Waals surface area contributed by atoms with Crippen LogP contribution in [0.25, 0.3) is 0 Å². The molecule has 8 N–H and O–H groups in total. The molecule has 45 heavy (non-hydrogen) atoms. The number of urea groups is 1. The fraction of sp³-hybridized carbons (Fsp3) is 0.517. The van der Waals surface area contributed by atoms with Gasteiger partial charge in [0.15, 0.2) is 6.61 Å². The molecule has 0 spiro atoms. The second-order valence-corrected chi connectivity index (χ2v) is 11.0. The van der Waals surface area contributed by atoms with Crippen LogP contribution in [0.15, 0.2) is 24.3 Å². The molecule has 0 unspecified atom stereocenters. The van der Waals surface area contributed by atoms with Crippen LogP contribution in [-0.4, -0.2) is 73.3 Å². The maximum atomic E-state index is 13.2. The number of hydroxylamine groups is 1. The minimum atomic E-state index is -1.06. The Morgan fingerprint density at radius 2 is 1.62 bits per heavy atom. The molecule has 0 saturated heterocycles. The predicted molar refractivity (Wildman–Crippen MR) is 163 cm³/mol. The molecule has 0 radical (unpaired) electrons. The average molecular weight is 634 g/mol. The smallest absolute Gasteiger partial charge is 0.431 e. The van der Waals surface area contributed by atoms with Crippen molar-refractivity contribution < 1.29 is 43.1 Å². The molecule has 0 saturated carbocycles. The zero-order chi connectivity index (χ0) is 34.0. The molecule has 0 aromatic heterocycles. The average Bonchev–Trinajstić information content (AvgIpc) is 2.94. The molecule has 1 rings (SSSR count). The molecule has 0 aliphatic carbocycles. The Morgan fingerprint density at radius 1 is 0.956 bits per heavy atom. The number of nitrogens with one attached hydrogen (secondary N) is 6. The van der Waals surface area contributed by atoms with Gasteiger partial charge in [0.25, 0.3) is 0 Å². The number of amides is 7. The lowest BCUT2D eigenvalue weighted by molar-refractivity contribution is -0.135. The molecule has 1 aromatic rings. The first-order chi connectivity index (χ1) is 21.1. The van der Waals surface area contributed by atoms with Gasteiger partial charge in [0.2, 0.25) is 17.7 Å². The third-order valence-electron chi connectivity index (χ3n) is 5.55. The van der Waals surface area contributed by atoms with E-state index in [1.54, 1.807) is 58.9 Å². The van der Waals surface area contributed by atoms with Gasteiger partial charge in [0, 0.05) is 12.2 Å². The highest BCUT2D eigenvalue weighted by Gasteiger charge is 2.29. The lowest BCUT2D eigenvalue weighted by Gasteiger charge is -2.25. The van der Waals surface area contributed by atoms with E-state index in [2.05, 4.69) is 32.5 Å². The van der Waals surface area contributed by atoms with Gasteiger partial charge in [0.1, 0.15) is 24.3 Å². The highest BCUT2D eigenvalue weighted by molar-refractivity contribution is 5.98. The summed E-state index contributed by atoms with van der Waals surface area (Å²) in [6.07, 6.45) is 3.94. The number of hydrogen-bond donors (Lipinski definition) is 7. The number of hydrogen-bond acceptors (Lipinski definition) is 9. The van der Waals surface area contributed by atoms with Crippen LogP contribution in [0.3, 0.4) is 0 Å². The molecule has 0 aliphatic heterocycles. The van der Waals surface area contributed by atoms with E-state index in [0.717, 1.165) is 0 Å². The number of anilines is 1. The van der Waals surface area contributed by atoms with Gasteiger partial charge in [-0.3, -0.25) is 19.2 Å². The van der Waals surface area contributed by atoms with E-state index in [0.29, 0.717) is 17.7 Å². The molecule has 16 nitrogen and oxygen atoms in total. The van der Waals surface area contributed by atoms with Crippen LogP contribution in [0.1, 0.15) is 53.0 Å². The lowest BCUT2D eigenvalue weighted by Crippen LogP contribution is -2.55. The van der Waals surface area contributed by atoms with E-state index in [-0.39, 0.29) is 26.1 Å². The van der Waals surface area contributed by atoms with E-state index >= 15 is 0 Å². The number of benzene rings is 1. The van der Waals surface area contributed by atoms with Gasteiger partial charge in [0.05, 0.1) is 6.54 Å². The van der Waals surface area contributed by atoms with Gasteiger partial charge >= 0.3 is 18.2 Å². The largest absolute Gasteiger partial charge is 0.445 e. The fourth-order valence-corrected chi connectivity index (χ4v) is 3.49. The number of alkyl carbamates (subject to hydrolysis) is 1. The van der Waals surface area contributed by atoms with Crippen LogP contribution in [0, 0.1) is 18.3 Å². The van der Waals surface area contributed by atoms with Crippen molar-refractivity contribution in [3.8, 4) is 12.3 Å². The molecule has 7 amide bonds. The minimum Gasteiger partial charge on any atom is -0.445 e. The second kappa shape index (κ2) is 19.3. The van der Waals surface area contributed by atoms with Crippen molar-refractivity contribution in [3.63, 3.8) is 0 Å². The Hall–Kier alpha value is -5.04. The second-order valence-electron chi connectivity index (χ2n) is 11.0. The summed E-state index contributed by atoms with van der Waals surface area (Å²) in [4.78, 5) is 78.0. The zero-order valence-corrected chi connectivity index (χ0v) is 26.1. The topological polar surface area (TPSA) is 228 Å². The number of terminal acetylenes is 1. The summed E-state index contributed by atoms with van der Waals surface area (Å²) in [5.74, 6) is -0.0372. The first-order valence-corrected chi connectivity index (χ1v) is 14.1. The maximum Gasteiger partial charge on any atom is 0.431 e. The minimum absolute atomic E-state index is 0.0272. The molecule has 248 valence electrons. The molecule has 0 fully saturated rings. The fourth-order valence-electron chi connectivity index (χ4n) is 3.49. The molecule has 2 atom stereocenters. The molecule has 16 heteroatoms. The molecule has 0 heterocycles. The van der Waals surface area contributed by atoms with Crippen molar-refractivity contribution in [2.24, 2.45) is 11.7 Å². The van der Waals surface area contributed by atoms with E-state index in [4.69, 9.17) is 26.5 Å². The van der Waals surface area contributed by atoms with Crippen LogP contribution < -0.4 is 37.8 Å². The van der Waals surface area contributed by atoms with Crippen molar-refractivity contribution in [2.45, 2.75) is 71.8 Å². The van der Waals surface area contributed by atoms with Gasteiger partial charge in [-0.2, -0.15) is 5.48 Å². The number of carbonyl (C=O) groups excluding carboxylic acids is 6. The van der Waals surface area contributed by atoms with E-state index in [9.17, 15) is 28.8 Å². The number of carbonyl (C=O) groups is 6. The van der Waals surface area contributed by atoms with Gasteiger partial charge in [-0.25, -0.2) is 14.4 Å². The Balaban J connectivity index is 2.84. The zero-order valence-electron chi connectivity index (χ0n) is 26.1. The van der Waals surface area contributed by atoms with Crippen LogP contribution in [-0.2, 0) is 35.3 Å². The predicted octanol–water partition coefficient (Wildman–Crippen LogP) is 1.01. The van der Waals surface area contributed by atoms with Crippen LogP contribution in [0.4, 0.5) is 20.1 Å². The first kappa shape index (κ1) is 38.0. The van der Waals surface area contributed by atoms with Crippen LogP contribution in [0.5, 0.6) is 0 Å². The van der Waals surface area contributed by atoms with Crippen molar-refractivity contribution in [2.75, 3.05) is 25.0 Å². The van der Waals surface area contributed by atoms with E-state index in [1.165, 1.54) is 0 Å². The quantitative estimate of drug-likeness (QED) is 0.0782. The van der Waals surface area contributed by atoms with Gasteiger partial charge in [-0.05, 0) is 57.2 Å². The summed E-state index contributed by atoms with van der Waals surface area (Å²) in [5.41, 5.74) is 7.37. The van der Waals surface area contributed by atoms with Gasteiger partial charge < -0.3 is 41.8 Å². The summed E-state index contributed by atoms with van der Waals surface area (Å²) < 4.78 is 10.1. The number of primary amides is 1. The number of rotatable bonds is 16. The standard InChI is InChI=1S/C29H43N7O9/c1-7-14-32-27(41)43-16-19-10-12-20(13-11-19)33-24(38)21(9-8-15-31-26(30)40)34-25(39)23(18(2)3)35-22(37)17-44-36-28(42)45-29(4,5)6/h1,10-13,18,21,23H,8-9,14-17H2,2-6H3,(H,32,41)(H,33,38)(H,34,39)(H,35,37)(H,36,42)(H3,30,31,40)/t21-,23-/m0/s1. The lowest BCUT2D eigenvalue weighted by atomic mass is 10.0. The monoisotopic (exact) mass is 633 g/mol. The molecule has 1 aromatic carbocycles. The normalized spacial score (nSPS) is 12.0. The summed E-state index contributed by atoms with van der Waals surface area (Å²) >= 11 is 0. The molecular weight excluding hydrogens is 590 g/mol. The third-order valence-corrected chi connectivity index (χ3v) is 5.55.